The summed E-state index contributed by atoms with van der Waals surface area (Å²) in [5, 5.41) is 8.79. The van der Waals surface area contributed by atoms with E-state index >= 15 is 0 Å². The van der Waals surface area contributed by atoms with E-state index in [2.05, 4.69) is 6.58 Å². The van der Waals surface area contributed by atoms with Crippen LogP contribution in [0, 0.1) is 5.41 Å². The maximum Gasteiger partial charge on any atom is 0.313 e. The number of aliphatic carboxylic acids is 1. The van der Waals surface area contributed by atoms with Crippen molar-refractivity contribution in [1.29, 1.82) is 0 Å². The lowest BCUT2D eigenvalue weighted by molar-refractivity contribution is -0.151. The fraction of sp³-hybridized carbons (Fsp3) is 0.625. The summed E-state index contributed by atoms with van der Waals surface area (Å²) in [6, 6.07) is 0. The topological polar surface area (TPSA) is 37.3 Å². The molecule has 0 aromatic rings. The maximum absolute atomic E-state index is 10.7. The monoisotopic (exact) mass is 140 g/mol. The summed E-state index contributed by atoms with van der Waals surface area (Å²) in [6.07, 6.45) is 2.58. The Morgan fingerprint density at radius 3 is 2.10 bits per heavy atom. The summed E-state index contributed by atoms with van der Waals surface area (Å²) in [6.45, 7) is 5.49. The highest BCUT2D eigenvalue weighted by Crippen LogP contribution is 2.46. The largest absolute Gasteiger partial charge is 0.481 e. The van der Waals surface area contributed by atoms with Gasteiger partial charge in [-0.25, -0.2) is 0 Å². The first-order valence-corrected chi connectivity index (χ1v) is 3.49. The molecule has 0 spiro atoms. The third kappa shape index (κ3) is 0.753. The minimum Gasteiger partial charge on any atom is -0.481 e. The quantitative estimate of drug-likeness (QED) is 0.594. The van der Waals surface area contributed by atoms with Gasteiger partial charge in [-0.15, -0.1) is 0 Å². The molecule has 1 saturated carbocycles. The SMILES string of the molecule is C=C(C)C1(C(=O)O)CCC1. The molecular weight excluding hydrogens is 128 g/mol. The number of carboxylic acid groups (broad SMARTS) is 1. The van der Waals surface area contributed by atoms with E-state index in [1.165, 1.54) is 0 Å². The molecule has 0 amide bonds. The van der Waals surface area contributed by atoms with Gasteiger partial charge < -0.3 is 5.11 Å². The predicted octanol–water partition coefficient (Wildman–Crippen LogP) is 1.82. The maximum atomic E-state index is 10.7. The smallest absolute Gasteiger partial charge is 0.313 e. The lowest BCUT2D eigenvalue weighted by Gasteiger charge is -2.38. The van der Waals surface area contributed by atoms with Gasteiger partial charge in [0, 0.05) is 0 Å². The van der Waals surface area contributed by atoms with Crippen LogP contribution < -0.4 is 0 Å². The molecule has 0 aromatic heterocycles. The van der Waals surface area contributed by atoms with Crippen molar-refractivity contribution in [3.63, 3.8) is 0 Å². The third-order valence-electron chi connectivity index (χ3n) is 2.43. The van der Waals surface area contributed by atoms with Gasteiger partial charge in [-0.3, -0.25) is 4.79 Å². The third-order valence-corrected chi connectivity index (χ3v) is 2.43. The van der Waals surface area contributed by atoms with Crippen molar-refractivity contribution in [2.45, 2.75) is 26.2 Å². The highest BCUT2D eigenvalue weighted by molar-refractivity contribution is 5.79. The summed E-state index contributed by atoms with van der Waals surface area (Å²) >= 11 is 0. The second-order valence-electron chi connectivity index (χ2n) is 3.02. The summed E-state index contributed by atoms with van der Waals surface area (Å²) in [5.41, 5.74) is 0.242. The molecule has 1 aliphatic rings. The Bertz CT molecular complexity index is 162. The Morgan fingerprint density at radius 2 is 2.10 bits per heavy atom. The fourth-order valence-electron chi connectivity index (χ4n) is 1.35. The molecule has 0 bridgehead atoms. The van der Waals surface area contributed by atoms with Gasteiger partial charge in [-0.1, -0.05) is 18.6 Å². The fourth-order valence-corrected chi connectivity index (χ4v) is 1.35. The zero-order valence-corrected chi connectivity index (χ0v) is 6.18. The average Bonchev–Trinajstić information content (AvgIpc) is 1.57. The first-order valence-electron chi connectivity index (χ1n) is 3.49. The summed E-state index contributed by atoms with van der Waals surface area (Å²) in [4.78, 5) is 10.7. The Hall–Kier alpha value is -0.790. The summed E-state index contributed by atoms with van der Waals surface area (Å²) < 4.78 is 0. The molecule has 1 fully saturated rings. The molecule has 1 N–H and O–H groups in total. The van der Waals surface area contributed by atoms with Crippen molar-refractivity contribution in [3.8, 4) is 0 Å². The number of hydrogen-bond acceptors (Lipinski definition) is 1. The number of rotatable bonds is 2. The van der Waals surface area contributed by atoms with E-state index in [0.717, 1.165) is 24.8 Å². The first-order chi connectivity index (χ1) is 4.59. The van der Waals surface area contributed by atoms with Crippen LogP contribution in [0.4, 0.5) is 0 Å². The van der Waals surface area contributed by atoms with E-state index in [1.807, 2.05) is 0 Å². The van der Waals surface area contributed by atoms with E-state index < -0.39 is 11.4 Å². The van der Waals surface area contributed by atoms with Gasteiger partial charge in [0.2, 0.25) is 0 Å². The van der Waals surface area contributed by atoms with Crippen LogP contribution in [0.25, 0.3) is 0 Å². The molecule has 0 unspecified atom stereocenters. The van der Waals surface area contributed by atoms with Crippen LogP contribution in [0.5, 0.6) is 0 Å². The van der Waals surface area contributed by atoms with Crippen molar-refractivity contribution < 1.29 is 9.90 Å². The Morgan fingerprint density at radius 1 is 1.60 bits per heavy atom. The first kappa shape index (κ1) is 7.32. The molecule has 2 nitrogen and oxygen atoms in total. The summed E-state index contributed by atoms with van der Waals surface area (Å²) in [7, 11) is 0. The number of carbonyl (C=O) groups is 1. The van der Waals surface area contributed by atoms with E-state index in [-0.39, 0.29) is 0 Å². The molecule has 1 rings (SSSR count). The van der Waals surface area contributed by atoms with E-state index in [4.69, 9.17) is 5.11 Å². The van der Waals surface area contributed by atoms with Gasteiger partial charge in [-0.05, 0) is 19.8 Å². The van der Waals surface area contributed by atoms with Gasteiger partial charge in [-0.2, -0.15) is 0 Å². The molecule has 0 aromatic carbocycles. The highest BCUT2D eigenvalue weighted by Gasteiger charge is 2.44. The zero-order valence-electron chi connectivity index (χ0n) is 6.18. The summed E-state index contributed by atoms with van der Waals surface area (Å²) in [5.74, 6) is -0.703. The Labute approximate surface area is 60.6 Å². The zero-order chi connectivity index (χ0) is 7.78. The van der Waals surface area contributed by atoms with E-state index in [1.54, 1.807) is 6.92 Å². The van der Waals surface area contributed by atoms with Gasteiger partial charge in [0.05, 0.1) is 5.41 Å². The van der Waals surface area contributed by atoms with Gasteiger partial charge in [0.25, 0.3) is 0 Å². The molecule has 1 aliphatic carbocycles. The Balaban J connectivity index is 2.78. The molecule has 0 radical (unpaired) electrons. The second kappa shape index (κ2) is 2.11. The Kier molecular flexibility index (Phi) is 1.55. The minimum atomic E-state index is -0.703. The predicted molar refractivity (Wildman–Crippen MR) is 38.7 cm³/mol. The minimum absolute atomic E-state index is 0.556. The van der Waals surface area contributed by atoms with E-state index in [0.29, 0.717) is 0 Å². The van der Waals surface area contributed by atoms with Gasteiger partial charge in [0.15, 0.2) is 0 Å². The molecule has 0 heterocycles. The normalized spacial score (nSPS) is 21.3. The van der Waals surface area contributed by atoms with Gasteiger partial charge in [0.1, 0.15) is 0 Å². The molecule has 10 heavy (non-hydrogen) atoms. The molecule has 2 heteroatoms. The standard InChI is InChI=1S/C8H12O2/c1-6(2)8(7(9)10)4-3-5-8/h1,3-5H2,2H3,(H,9,10). The van der Waals surface area contributed by atoms with Crippen LogP contribution in [-0.4, -0.2) is 11.1 Å². The second-order valence-corrected chi connectivity index (χ2v) is 3.02. The van der Waals surface area contributed by atoms with Crippen molar-refractivity contribution in [2.75, 3.05) is 0 Å². The van der Waals surface area contributed by atoms with E-state index in [9.17, 15) is 4.79 Å². The van der Waals surface area contributed by atoms with Crippen molar-refractivity contribution in [1.82, 2.24) is 0 Å². The average molecular weight is 140 g/mol. The van der Waals surface area contributed by atoms with Crippen LogP contribution in [-0.2, 0) is 4.79 Å². The van der Waals surface area contributed by atoms with Crippen molar-refractivity contribution in [3.05, 3.63) is 12.2 Å². The van der Waals surface area contributed by atoms with Crippen molar-refractivity contribution in [2.24, 2.45) is 5.41 Å². The van der Waals surface area contributed by atoms with Crippen LogP contribution in [0.3, 0.4) is 0 Å². The highest BCUT2D eigenvalue weighted by atomic mass is 16.4. The lowest BCUT2D eigenvalue weighted by atomic mass is 9.65. The van der Waals surface area contributed by atoms with Gasteiger partial charge >= 0.3 is 5.97 Å². The number of carboxylic acids is 1. The molecule has 56 valence electrons. The molecule has 0 atom stereocenters. The molecular formula is C8H12O2. The lowest BCUT2D eigenvalue weighted by Crippen LogP contribution is -2.38. The van der Waals surface area contributed by atoms with Crippen LogP contribution in [0.15, 0.2) is 12.2 Å². The van der Waals surface area contributed by atoms with Crippen LogP contribution in [0.1, 0.15) is 26.2 Å². The van der Waals surface area contributed by atoms with Crippen molar-refractivity contribution >= 4 is 5.97 Å². The molecule has 0 saturated heterocycles. The van der Waals surface area contributed by atoms with Crippen LogP contribution in [0.2, 0.25) is 0 Å². The van der Waals surface area contributed by atoms with Crippen LogP contribution >= 0.6 is 0 Å². The number of hydrogen-bond donors (Lipinski definition) is 1. The molecule has 0 aliphatic heterocycles.